The van der Waals surface area contributed by atoms with Gasteiger partial charge in [-0.3, -0.25) is 4.98 Å². The molecule has 2 aromatic rings. The Balaban J connectivity index is 1.86. The maximum atomic E-state index is 12.1. The molecule has 0 radical (unpaired) electrons. The quantitative estimate of drug-likeness (QED) is 0.843. The number of nitrogens with one attached hydrogen (secondary N) is 2. The molecule has 0 spiro atoms. The van der Waals surface area contributed by atoms with Gasteiger partial charge < -0.3 is 10.6 Å². The number of anilines is 1. The van der Waals surface area contributed by atoms with Crippen molar-refractivity contribution in [3.8, 4) is 0 Å². The number of hydrogen-bond acceptors (Lipinski definition) is 7. The molecule has 1 aliphatic rings. The monoisotopic (exact) mass is 347 g/mol. The van der Waals surface area contributed by atoms with Crippen LogP contribution in [0.1, 0.15) is 30.1 Å². The third kappa shape index (κ3) is 4.07. The van der Waals surface area contributed by atoms with Crippen LogP contribution < -0.4 is 10.6 Å². The maximum absolute atomic E-state index is 12.1. The Morgan fingerprint density at radius 1 is 1.33 bits per heavy atom. The highest BCUT2D eigenvalue weighted by molar-refractivity contribution is 7.90. The standard InChI is InChI=1S/C16H21N5O2S/c1-24(22,23)14-11-20-16(19-10-13-6-2-3-8-18-13)21-15(14)12-5-4-7-17-9-12/h2-3,6,8,11-12,17H,4-5,7,9-10H2,1H3,(H,19,20,21)/t12-/m0/s1. The molecule has 24 heavy (non-hydrogen) atoms. The number of aromatic nitrogens is 3. The molecule has 2 N–H and O–H groups in total. The first kappa shape index (κ1) is 16.8. The van der Waals surface area contributed by atoms with Crippen molar-refractivity contribution in [2.45, 2.75) is 30.2 Å². The number of pyridine rings is 1. The Morgan fingerprint density at radius 2 is 2.21 bits per heavy atom. The molecule has 2 aromatic heterocycles. The molecular formula is C16H21N5O2S. The number of hydrogen-bond donors (Lipinski definition) is 2. The molecule has 1 saturated heterocycles. The number of piperidine rings is 1. The lowest BCUT2D eigenvalue weighted by molar-refractivity contribution is 0.448. The van der Waals surface area contributed by atoms with E-state index in [1.54, 1.807) is 6.20 Å². The largest absolute Gasteiger partial charge is 0.349 e. The van der Waals surface area contributed by atoms with E-state index in [-0.39, 0.29) is 10.8 Å². The lowest BCUT2D eigenvalue weighted by atomic mass is 9.96. The molecule has 0 bridgehead atoms. The van der Waals surface area contributed by atoms with Gasteiger partial charge in [0.15, 0.2) is 9.84 Å². The fourth-order valence-electron chi connectivity index (χ4n) is 2.80. The number of rotatable bonds is 5. The zero-order valence-corrected chi connectivity index (χ0v) is 14.4. The molecule has 3 rings (SSSR count). The summed E-state index contributed by atoms with van der Waals surface area (Å²) in [7, 11) is -3.36. The average molecular weight is 347 g/mol. The zero-order chi connectivity index (χ0) is 17.0. The van der Waals surface area contributed by atoms with Gasteiger partial charge in [0.2, 0.25) is 5.95 Å². The smallest absolute Gasteiger partial charge is 0.223 e. The van der Waals surface area contributed by atoms with Gasteiger partial charge in [-0.05, 0) is 31.5 Å². The van der Waals surface area contributed by atoms with Crippen LogP contribution in [0.25, 0.3) is 0 Å². The first-order chi connectivity index (χ1) is 11.5. The highest BCUT2D eigenvalue weighted by atomic mass is 32.2. The second kappa shape index (κ2) is 7.23. The third-order valence-corrected chi connectivity index (χ3v) is 5.13. The van der Waals surface area contributed by atoms with Crippen molar-refractivity contribution < 1.29 is 8.42 Å². The van der Waals surface area contributed by atoms with Crippen molar-refractivity contribution in [1.29, 1.82) is 0 Å². The van der Waals surface area contributed by atoms with E-state index in [4.69, 9.17) is 0 Å². The van der Waals surface area contributed by atoms with E-state index >= 15 is 0 Å². The predicted molar refractivity (Wildman–Crippen MR) is 91.6 cm³/mol. The van der Waals surface area contributed by atoms with Crippen LogP contribution in [0.4, 0.5) is 5.95 Å². The first-order valence-electron chi connectivity index (χ1n) is 7.95. The van der Waals surface area contributed by atoms with Gasteiger partial charge in [0.1, 0.15) is 4.90 Å². The van der Waals surface area contributed by atoms with Gasteiger partial charge in [-0.2, -0.15) is 0 Å². The molecule has 1 aliphatic heterocycles. The van der Waals surface area contributed by atoms with E-state index in [1.165, 1.54) is 12.5 Å². The van der Waals surface area contributed by atoms with Crippen LogP contribution >= 0.6 is 0 Å². The van der Waals surface area contributed by atoms with E-state index in [0.29, 0.717) is 18.2 Å². The van der Waals surface area contributed by atoms with Gasteiger partial charge in [-0.15, -0.1) is 0 Å². The lowest BCUT2D eigenvalue weighted by Gasteiger charge is -2.24. The molecule has 0 amide bonds. The second-order valence-corrected chi connectivity index (χ2v) is 7.92. The third-order valence-electron chi connectivity index (χ3n) is 4.02. The fraction of sp³-hybridized carbons (Fsp3) is 0.438. The molecule has 8 heteroatoms. The Hall–Kier alpha value is -2.06. The summed E-state index contributed by atoms with van der Waals surface area (Å²) in [5.41, 5.74) is 1.47. The highest BCUT2D eigenvalue weighted by Crippen LogP contribution is 2.27. The average Bonchev–Trinajstić information content (AvgIpc) is 2.60. The minimum Gasteiger partial charge on any atom is -0.349 e. The summed E-state index contributed by atoms with van der Waals surface area (Å²) in [6.45, 7) is 2.18. The van der Waals surface area contributed by atoms with Gasteiger partial charge in [0.25, 0.3) is 0 Å². The van der Waals surface area contributed by atoms with E-state index in [0.717, 1.165) is 31.6 Å². The van der Waals surface area contributed by atoms with Crippen LogP contribution in [0, 0.1) is 0 Å². The number of nitrogens with zero attached hydrogens (tertiary/aromatic N) is 3. The van der Waals surface area contributed by atoms with Crippen LogP contribution in [0.5, 0.6) is 0 Å². The van der Waals surface area contributed by atoms with E-state index < -0.39 is 9.84 Å². The fourth-order valence-corrected chi connectivity index (χ4v) is 3.64. The number of sulfone groups is 1. The summed E-state index contributed by atoms with van der Waals surface area (Å²) >= 11 is 0. The molecule has 1 fully saturated rings. The summed E-state index contributed by atoms with van der Waals surface area (Å²) < 4.78 is 24.1. The Morgan fingerprint density at radius 3 is 2.88 bits per heavy atom. The summed E-state index contributed by atoms with van der Waals surface area (Å²) in [5.74, 6) is 0.510. The van der Waals surface area contributed by atoms with Crippen LogP contribution in [0.2, 0.25) is 0 Å². The van der Waals surface area contributed by atoms with Gasteiger partial charge in [0, 0.05) is 24.9 Å². The van der Waals surface area contributed by atoms with Crippen molar-refractivity contribution in [3.63, 3.8) is 0 Å². The van der Waals surface area contributed by atoms with Gasteiger partial charge >= 0.3 is 0 Å². The topological polar surface area (TPSA) is 96.9 Å². The zero-order valence-electron chi connectivity index (χ0n) is 13.6. The van der Waals surface area contributed by atoms with Crippen molar-refractivity contribution in [3.05, 3.63) is 42.0 Å². The van der Waals surface area contributed by atoms with Crippen molar-refractivity contribution >= 4 is 15.8 Å². The highest BCUT2D eigenvalue weighted by Gasteiger charge is 2.25. The molecule has 0 aliphatic carbocycles. The van der Waals surface area contributed by atoms with Crippen LogP contribution in [0.15, 0.2) is 35.5 Å². The second-order valence-electron chi connectivity index (χ2n) is 5.93. The molecule has 7 nitrogen and oxygen atoms in total. The van der Waals surface area contributed by atoms with Crippen LogP contribution in [-0.2, 0) is 16.4 Å². The molecule has 0 unspecified atom stereocenters. The van der Waals surface area contributed by atoms with Crippen LogP contribution in [-0.4, -0.2) is 42.7 Å². The summed E-state index contributed by atoms with van der Waals surface area (Å²) in [6.07, 6.45) is 6.27. The maximum Gasteiger partial charge on any atom is 0.223 e. The SMILES string of the molecule is CS(=O)(=O)c1cnc(NCc2ccccn2)nc1[C@H]1CCCNC1. The lowest BCUT2D eigenvalue weighted by Crippen LogP contribution is -2.30. The van der Waals surface area contributed by atoms with E-state index in [9.17, 15) is 8.42 Å². The molecular weight excluding hydrogens is 326 g/mol. The van der Waals surface area contributed by atoms with Crippen molar-refractivity contribution in [2.75, 3.05) is 24.7 Å². The van der Waals surface area contributed by atoms with Crippen molar-refractivity contribution in [2.24, 2.45) is 0 Å². The molecule has 1 atom stereocenters. The summed E-state index contributed by atoms with van der Waals surface area (Å²) in [4.78, 5) is 13.1. The molecule has 3 heterocycles. The Kier molecular flexibility index (Phi) is 5.06. The van der Waals surface area contributed by atoms with Gasteiger partial charge in [-0.1, -0.05) is 6.07 Å². The molecule has 128 valence electrons. The van der Waals surface area contributed by atoms with Gasteiger partial charge in [0.05, 0.1) is 24.1 Å². The Bertz CT molecular complexity index is 789. The van der Waals surface area contributed by atoms with Crippen molar-refractivity contribution in [1.82, 2.24) is 20.3 Å². The normalized spacial score (nSPS) is 18.3. The van der Waals surface area contributed by atoms with Gasteiger partial charge in [-0.25, -0.2) is 18.4 Å². The van der Waals surface area contributed by atoms with E-state index in [1.807, 2.05) is 18.2 Å². The summed E-state index contributed by atoms with van der Waals surface area (Å²) in [6, 6.07) is 5.68. The summed E-state index contributed by atoms with van der Waals surface area (Å²) in [5, 5.41) is 6.42. The van der Waals surface area contributed by atoms with Crippen LogP contribution in [0.3, 0.4) is 0 Å². The minimum atomic E-state index is -3.36. The minimum absolute atomic E-state index is 0.0851. The van der Waals surface area contributed by atoms with E-state index in [2.05, 4.69) is 25.6 Å². The Labute approximate surface area is 141 Å². The predicted octanol–water partition coefficient (Wildman–Crippen LogP) is 1.35. The molecule has 0 aromatic carbocycles. The molecule has 0 saturated carbocycles. The first-order valence-corrected chi connectivity index (χ1v) is 9.84.